The van der Waals surface area contributed by atoms with Gasteiger partial charge in [0.15, 0.2) is 0 Å². The number of allylic oxidation sites excluding steroid dienone is 2. The topological polar surface area (TPSA) is 0 Å². The van der Waals surface area contributed by atoms with E-state index < -0.39 is 0 Å². The van der Waals surface area contributed by atoms with Gasteiger partial charge >= 0.3 is 0 Å². The fourth-order valence-corrected chi connectivity index (χ4v) is 1.69. The van der Waals surface area contributed by atoms with Crippen LogP contribution >= 0.6 is 0 Å². The second kappa shape index (κ2) is 2.78. The van der Waals surface area contributed by atoms with Gasteiger partial charge in [0.1, 0.15) is 0 Å². The van der Waals surface area contributed by atoms with Crippen LogP contribution in [0.4, 0.5) is 0 Å². The summed E-state index contributed by atoms with van der Waals surface area (Å²) in [6.07, 6.45) is 5.54. The first kappa shape index (κ1) is 7.60. The van der Waals surface area contributed by atoms with Crippen LogP contribution in [0.5, 0.6) is 0 Å². The van der Waals surface area contributed by atoms with Crippen molar-refractivity contribution in [1.29, 1.82) is 0 Å². The van der Waals surface area contributed by atoms with E-state index in [4.69, 9.17) is 0 Å². The molecule has 0 nitrogen and oxygen atoms in total. The number of aryl methyl sites for hydroxylation is 1. The van der Waals surface area contributed by atoms with Gasteiger partial charge in [-0.25, -0.2) is 0 Å². The zero-order valence-electron chi connectivity index (χ0n) is 7.59. The average molecular weight is 157 g/mol. The molecule has 1 aromatic carbocycles. The Hall–Kier alpha value is -1.04. The third kappa shape index (κ3) is 1.18. The second-order valence-electron chi connectivity index (χ2n) is 3.50. The summed E-state index contributed by atoms with van der Waals surface area (Å²) in [6, 6.07) is 6.50. The van der Waals surface area contributed by atoms with Crippen LogP contribution in [0.15, 0.2) is 29.8 Å². The van der Waals surface area contributed by atoms with Gasteiger partial charge in [-0.05, 0) is 37.0 Å². The number of hydrogen-bond donors (Lipinski definition) is 0. The molecule has 0 atom stereocenters. The van der Waals surface area contributed by atoms with Gasteiger partial charge in [-0.3, -0.25) is 0 Å². The molecule has 12 heavy (non-hydrogen) atoms. The maximum Gasteiger partial charge on any atom is 0.0127 e. The standard InChI is InChI=1S/C12H13/c1-9-6-7-11-5-3-4-10(2)12(11)8-9/h3-7H,8H2,1-2H3. The van der Waals surface area contributed by atoms with E-state index in [1.165, 1.54) is 22.3 Å². The molecule has 0 unspecified atom stereocenters. The van der Waals surface area contributed by atoms with Crippen molar-refractivity contribution >= 4 is 0 Å². The van der Waals surface area contributed by atoms with Crippen LogP contribution in [0.1, 0.15) is 23.6 Å². The van der Waals surface area contributed by atoms with Crippen LogP contribution in [-0.4, -0.2) is 0 Å². The molecule has 0 amide bonds. The predicted molar refractivity (Wildman–Crippen MR) is 52.0 cm³/mol. The van der Waals surface area contributed by atoms with E-state index in [1.807, 2.05) is 0 Å². The highest BCUT2D eigenvalue weighted by atomic mass is 14.1. The van der Waals surface area contributed by atoms with Crippen molar-refractivity contribution in [2.45, 2.75) is 20.3 Å². The third-order valence-corrected chi connectivity index (χ3v) is 2.45. The van der Waals surface area contributed by atoms with E-state index in [1.54, 1.807) is 0 Å². The molecule has 2 rings (SSSR count). The minimum atomic E-state index is 1.12. The Morgan fingerprint density at radius 1 is 1.17 bits per heavy atom. The van der Waals surface area contributed by atoms with Crippen molar-refractivity contribution in [3.05, 3.63) is 53.0 Å². The predicted octanol–water partition coefficient (Wildman–Crippen LogP) is 3.05. The maximum absolute atomic E-state index is 2.21. The Bertz CT molecular complexity index is 332. The third-order valence-electron chi connectivity index (χ3n) is 2.45. The molecule has 1 aliphatic carbocycles. The number of hydrogen-bond acceptors (Lipinski definition) is 0. The van der Waals surface area contributed by atoms with Gasteiger partial charge < -0.3 is 0 Å². The first-order chi connectivity index (χ1) is 5.77. The first-order valence-corrected chi connectivity index (χ1v) is 4.36. The summed E-state index contributed by atoms with van der Waals surface area (Å²) in [7, 11) is 0. The molecule has 0 saturated carbocycles. The van der Waals surface area contributed by atoms with Crippen molar-refractivity contribution in [3.63, 3.8) is 0 Å². The smallest absolute Gasteiger partial charge is 0.0127 e. The van der Waals surface area contributed by atoms with Crippen molar-refractivity contribution in [3.8, 4) is 0 Å². The fourth-order valence-electron chi connectivity index (χ4n) is 1.69. The summed E-state index contributed by atoms with van der Waals surface area (Å²) in [6.45, 7) is 4.37. The molecule has 0 N–H and O–H groups in total. The minimum absolute atomic E-state index is 1.12. The Morgan fingerprint density at radius 2 is 2.00 bits per heavy atom. The van der Waals surface area contributed by atoms with Gasteiger partial charge in [-0.1, -0.05) is 29.8 Å². The zero-order chi connectivity index (χ0) is 8.55. The fraction of sp³-hybridized carbons (Fsp3) is 0.250. The van der Waals surface area contributed by atoms with Crippen LogP contribution < -0.4 is 0 Å². The molecular formula is C12H13. The Balaban J connectivity index is 2.49. The van der Waals surface area contributed by atoms with E-state index in [9.17, 15) is 0 Å². The van der Waals surface area contributed by atoms with Crippen LogP contribution in [0, 0.1) is 13.3 Å². The molecule has 1 aromatic rings. The van der Waals surface area contributed by atoms with E-state index in [-0.39, 0.29) is 0 Å². The van der Waals surface area contributed by atoms with E-state index in [0.29, 0.717) is 0 Å². The summed E-state index contributed by atoms with van der Waals surface area (Å²) < 4.78 is 0. The Labute approximate surface area is 73.9 Å². The quantitative estimate of drug-likeness (QED) is 0.543. The van der Waals surface area contributed by atoms with Crippen LogP contribution in [0.2, 0.25) is 0 Å². The molecule has 1 radical (unpaired) electrons. The molecular weight excluding hydrogens is 144 g/mol. The highest BCUT2D eigenvalue weighted by Crippen LogP contribution is 2.24. The largest absolute Gasteiger partial charge is 0.0768 e. The maximum atomic E-state index is 2.21. The summed E-state index contributed by atoms with van der Waals surface area (Å²) in [5, 5.41) is 0. The molecule has 0 fully saturated rings. The molecule has 0 aliphatic heterocycles. The number of fused-ring (bicyclic) bond motifs is 1. The summed E-state index contributed by atoms with van der Waals surface area (Å²) in [5.41, 5.74) is 5.76. The van der Waals surface area contributed by atoms with Gasteiger partial charge in [0.25, 0.3) is 0 Å². The Morgan fingerprint density at radius 3 is 2.83 bits per heavy atom. The van der Waals surface area contributed by atoms with Gasteiger partial charge in [-0.2, -0.15) is 0 Å². The zero-order valence-corrected chi connectivity index (χ0v) is 7.59. The van der Waals surface area contributed by atoms with Gasteiger partial charge in [-0.15, -0.1) is 0 Å². The number of rotatable bonds is 0. The molecule has 0 bridgehead atoms. The van der Waals surface area contributed by atoms with Crippen molar-refractivity contribution in [1.82, 2.24) is 0 Å². The van der Waals surface area contributed by atoms with E-state index in [2.05, 4.69) is 44.5 Å². The normalized spacial score (nSPS) is 15.3. The summed E-state index contributed by atoms with van der Waals surface area (Å²) >= 11 is 0. The van der Waals surface area contributed by atoms with Crippen LogP contribution in [-0.2, 0) is 6.42 Å². The lowest BCUT2D eigenvalue weighted by Crippen LogP contribution is -2.01. The van der Waals surface area contributed by atoms with Crippen LogP contribution in [0.25, 0.3) is 0 Å². The molecule has 0 heteroatoms. The highest BCUT2D eigenvalue weighted by molar-refractivity contribution is 5.47. The van der Waals surface area contributed by atoms with Gasteiger partial charge in [0.2, 0.25) is 0 Å². The monoisotopic (exact) mass is 157 g/mol. The number of benzene rings is 1. The lowest BCUT2D eigenvalue weighted by molar-refractivity contribution is 1.06. The lowest BCUT2D eigenvalue weighted by Gasteiger charge is -2.16. The molecule has 0 aromatic heterocycles. The Kier molecular flexibility index (Phi) is 1.76. The van der Waals surface area contributed by atoms with E-state index >= 15 is 0 Å². The van der Waals surface area contributed by atoms with Crippen molar-refractivity contribution < 1.29 is 0 Å². The molecule has 0 spiro atoms. The summed E-state index contributed by atoms with van der Waals surface area (Å²) in [4.78, 5) is 0. The second-order valence-corrected chi connectivity index (χ2v) is 3.50. The van der Waals surface area contributed by atoms with Gasteiger partial charge in [0, 0.05) is 6.42 Å². The summed E-state index contributed by atoms with van der Waals surface area (Å²) in [5.74, 6) is 0. The molecule has 0 saturated heterocycles. The first-order valence-electron chi connectivity index (χ1n) is 4.36. The molecule has 1 aliphatic rings. The van der Waals surface area contributed by atoms with Crippen LogP contribution in [0.3, 0.4) is 0 Å². The van der Waals surface area contributed by atoms with E-state index in [0.717, 1.165) is 6.42 Å². The van der Waals surface area contributed by atoms with Crippen molar-refractivity contribution in [2.75, 3.05) is 0 Å². The molecule has 61 valence electrons. The van der Waals surface area contributed by atoms with Crippen molar-refractivity contribution in [2.24, 2.45) is 0 Å². The average Bonchev–Trinajstić information content (AvgIpc) is 2.07. The highest BCUT2D eigenvalue weighted by Gasteiger charge is 2.09. The SMILES string of the molecule is CC1=C[CH]c2cccc(C)c2C1. The van der Waals surface area contributed by atoms with Gasteiger partial charge in [0.05, 0.1) is 0 Å². The lowest BCUT2D eigenvalue weighted by atomic mass is 9.89. The minimum Gasteiger partial charge on any atom is -0.0768 e. The molecule has 0 heterocycles.